The molecule has 136 valence electrons. The lowest BCUT2D eigenvalue weighted by Crippen LogP contribution is -2.07. The van der Waals surface area contributed by atoms with Crippen LogP contribution in [0.3, 0.4) is 0 Å². The van der Waals surface area contributed by atoms with Gasteiger partial charge in [0.05, 0.1) is 21.1 Å². The van der Waals surface area contributed by atoms with Gasteiger partial charge in [0.25, 0.3) is 5.69 Å². The van der Waals surface area contributed by atoms with E-state index in [1.807, 2.05) is 0 Å². The Labute approximate surface area is 156 Å². The molecule has 0 N–H and O–H groups in total. The van der Waals surface area contributed by atoms with Gasteiger partial charge in [0.15, 0.2) is 17.3 Å². The van der Waals surface area contributed by atoms with Gasteiger partial charge < -0.3 is 4.74 Å². The molecule has 0 spiro atoms. The van der Waals surface area contributed by atoms with Crippen molar-refractivity contribution in [2.75, 3.05) is 0 Å². The number of esters is 1. The van der Waals surface area contributed by atoms with E-state index in [4.69, 9.17) is 16.3 Å². The van der Waals surface area contributed by atoms with E-state index in [2.05, 4.69) is 4.99 Å². The highest BCUT2D eigenvalue weighted by atomic mass is 35.5. The van der Waals surface area contributed by atoms with Crippen LogP contribution in [0.15, 0.2) is 59.2 Å². The summed E-state index contributed by atoms with van der Waals surface area (Å²) >= 11 is 5.83. The van der Waals surface area contributed by atoms with Gasteiger partial charge in [-0.1, -0.05) is 29.8 Å². The fraction of sp³-hybridized carbons (Fsp3) is 0. The number of rotatable bonds is 4. The van der Waals surface area contributed by atoms with Gasteiger partial charge in [-0.25, -0.2) is 18.6 Å². The van der Waals surface area contributed by atoms with E-state index in [0.717, 1.165) is 12.1 Å². The van der Waals surface area contributed by atoms with E-state index >= 15 is 0 Å². The number of cyclic esters (lactones) is 1. The van der Waals surface area contributed by atoms with E-state index in [0.29, 0.717) is 5.56 Å². The zero-order valence-electron chi connectivity index (χ0n) is 13.4. The second-order valence-electron chi connectivity index (χ2n) is 5.28. The standard InChI is InChI=1S/C18H9ClF2N2O4/c19-12-9-14(21)13(20)8-11(12)17-22-15(18(24)27-17)6-3-5-10-4-1-2-7-16(10)23(25)26/h1-9H. The van der Waals surface area contributed by atoms with Crippen LogP contribution in [0.5, 0.6) is 0 Å². The molecule has 1 heterocycles. The first-order valence-corrected chi connectivity index (χ1v) is 7.82. The van der Waals surface area contributed by atoms with Gasteiger partial charge in [-0.15, -0.1) is 0 Å². The Morgan fingerprint density at radius 3 is 2.63 bits per heavy atom. The van der Waals surface area contributed by atoms with Gasteiger partial charge in [0, 0.05) is 6.07 Å². The Morgan fingerprint density at radius 1 is 1.19 bits per heavy atom. The molecule has 0 aliphatic carbocycles. The van der Waals surface area contributed by atoms with Crippen LogP contribution in [0.1, 0.15) is 11.1 Å². The number of allylic oxidation sites excluding steroid dienone is 2. The van der Waals surface area contributed by atoms with Crippen molar-refractivity contribution >= 4 is 35.2 Å². The van der Waals surface area contributed by atoms with Crippen LogP contribution in [0.25, 0.3) is 6.08 Å². The summed E-state index contributed by atoms with van der Waals surface area (Å²) in [5.74, 6) is -3.40. The lowest BCUT2D eigenvalue weighted by atomic mass is 10.1. The molecule has 0 aromatic heterocycles. The van der Waals surface area contributed by atoms with Crippen LogP contribution >= 0.6 is 11.6 Å². The zero-order valence-corrected chi connectivity index (χ0v) is 14.1. The number of carbonyl (C=O) groups is 1. The van der Waals surface area contributed by atoms with Gasteiger partial charge in [-0.05, 0) is 30.4 Å². The van der Waals surface area contributed by atoms with Gasteiger partial charge in [0.1, 0.15) is 0 Å². The molecule has 3 rings (SSSR count). The summed E-state index contributed by atoms with van der Waals surface area (Å²) < 4.78 is 31.5. The number of benzene rings is 2. The van der Waals surface area contributed by atoms with Gasteiger partial charge in [-0.2, -0.15) is 0 Å². The minimum Gasteiger partial charge on any atom is -0.402 e. The topological polar surface area (TPSA) is 81.8 Å². The molecular formula is C18H9ClF2N2O4. The van der Waals surface area contributed by atoms with Crippen LogP contribution in [0.2, 0.25) is 5.02 Å². The average Bonchev–Trinajstić information content (AvgIpc) is 2.99. The number of nitrogens with zero attached hydrogens (tertiary/aromatic N) is 2. The number of ether oxygens (including phenoxy) is 1. The fourth-order valence-electron chi connectivity index (χ4n) is 2.26. The number of para-hydroxylation sites is 1. The number of nitro groups is 1. The fourth-order valence-corrected chi connectivity index (χ4v) is 2.49. The van der Waals surface area contributed by atoms with Crippen molar-refractivity contribution in [1.29, 1.82) is 0 Å². The van der Waals surface area contributed by atoms with Crippen molar-refractivity contribution < 1.29 is 23.2 Å². The Hall–Kier alpha value is -3.39. The van der Waals surface area contributed by atoms with E-state index in [1.165, 1.54) is 36.4 Å². The number of halogens is 3. The number of hydrogen-bond donors (Lipinski definition) is 0. The van der Waals surface area contributed by atoms with Gasteiger partial charge in [-0.3, -0.25) is 10.1 Å². The highest BCUT2D eigenvalue weighted by Crippen LogP contribution is 2.25. The second kappa shape index (κ2) is 7.46. The van der Waals surface area contributed by atoms with Crippen LogP contribution in [0, 0.1) is 21.7 Å². The number of carbonyl (C=O) groups excluding carboxylic acids is 1. The third-order valence-electron chi connectivity index (χ3n) is 3.52. The molecule has 0 fully saturated rings. The normalized spacial score (nSPS) is 15.3. The maximum absolute atomic E-state index is 13.4. The van der Waals surface area contributed by atoms with Crippen molar-refractivity contribution in [2.45, 2.75) is 0 Å². The molecule has 1 aliphatic heterocycles. The molecule has 0 saturated heterocycles. The molecular weight excluding hydrogens is 382 g/mol. The third kappa shape index (κ3) is 3.90. The van der Waals surface area contributed by atoms with Crippen LogP contribution in [0.4, 0.5) is 14.5 Å². The first-order chi connectivity index (χ1) is 12.9. The predicted octanol–water partition coefficient (Wildman–Crippen LogP) is 4.43. The van der Waals surface area contributed by atoms with Crippen molar-refractivity contribution in [1.82, 2.24) is 0 Å². The van der Waals surface area contributed by atoms with Crippen molar-refractivity contribution in [3.8, 4) is 0 Å². The molecule has 0 saturated carbocycles. The summed E-state index contributed by atoms with van der Waals surface area (Å²) in [6.45, 7) is 0. The molecule has 27 heavy (non-hydrogen) atoms. The highest BCUT2D eigenvalue weighted by molar-refractivity contribution is 6.34. The summed E-state index contributed by atoms with van der Waals surface area (Å²) in [7, 11) is 0. The second-order valence-corrected chi connectivity index (χ2v) is 5.69. The largest absolute Gasteiger partial charge is 0.402 e. The lowest BCUT2D eigenvalue weighted by Gasteiger charge is -2.03. The number of hydrogen-bond acceptors (Lipinski definition) is 5. The zero-order chi connectivity index (χ0) is 19.6. The van der Waals surface area contributed by atoms with Crippen LogP contribution in [-0.4, -0.2) is 16.8 Å². The van der Waals surface area contributed by atoms with Crippen LogP contribution < -0.4 is 0 Å². The Kier molecular flexibility index (Phi) is 5.09. The minimum atomic E-state index is -1.16. The quantitative estimate of drug-likeness (QED) is 0.254. The van der Waals surface area contributed by atoms with Crippen LogP contribution in [-0.2, 0) is 9.53 Å². The third-order valence-corrected chi connectivity index (χ3v) is 3.84. The smallest absolute Gasteiger partial charge is 0.363 e. The molecule has 6 nitrogen and oxygen atoms in total. The number of aliphatic imine (C=N–C) groups is 1. The van der Waals surface area contributed by atoms with Crippen molar-refractivity contribution in [3.05, 3.63) is 92.1 Å². The minimum absolute atomic E-state index is 0.0741. The van der Waals surface area contributed by atoms with Crippen molar-refractivity contribution in [2.24, 2.45) is 4.99 Å². The van der Waals surface area contributed by atoms with E-state index in [9.17, 15) is 23.7 Å². The molecule has 9 heteroatoms. The van der Waals surface area contributed by atoms with E-state index in [-0.39, 0.29) is 27.9 Å². The molecule has 0 amide bonds. The molecule has 0 atom stereocenters. The Morgan fingerprint density at radius 2 is 1.89 bits per heavy atom. The van der Waals surface area contributed by atoms with Gasteiger partial charge >= 0.3 is 5.97 Å². The Balaban J connectivity index is 1.89. The SMILES string of the molecule is O=C1OC(c2cc(F)c(F)cc2Cl)=NC1=CC=Cc1ccccc1[N+](=O)[O-]. The molecule has 0 radical (unpaired) electrons. The molecule has 2 aromatic rings. The highest BCUT2D eigenvalue weighted by Gasteiger charge is 2.26. The summed E-state index contributed by atoms with van der Waals surface area (Å²) in [6, 6.07) is 7.57. The average molecular weight is 391 g/mol. The van der Waals surface area contributed by atoms with E-state index in [1.54, 1.807) is 6.07 Å². The summed E-state index contributed by atoms with van der Waals surface area (Å²) in [5.41, 5.74) is 0.0353. The molecule has 2 aromatic carbocycles. The maximum atomic E-state index is 13.4. The summed E-state index contributed by atoms with van der Waals surface area (Å²) in [5, 5.41) is 10.8. The molecule has 0 unspecified atom stereocenters. The monoisotopic (exact) mass is 390 g/mol. The van der Waals surface area contributed by atoms with E-state index < -0.39 is 22.5 Å². The molecule has 0 bridgehead atoms. The first kappa shape index (κ1) is 18.4. The summed E-state index contributed by atoms with van der Waals surface area (Å²) in [4.78, 5) is 26.2. The number of nitro benzene ring substituents is 1. The Bertz CT molecular complexity index is 1050. The first-order valence-electron chi connectivity index (χ1n) is 7.44. The van der Waals surface area contributed by atoms with Gasteiger partial charge in [0.2, 0.25) is 5.90 Å². The van der Waals surface area contributed by atoms with Crippen molar-refractivity contribution in [3.63, 3.8) is 0 Å². The maximum Gasteiger partial charge on any atom is 0.363 e. The lowest BCUT2D eigenvalue weighted by molar-refractivity contribution is -0.385. The molecule has 1 aliphatic rings. The predicted molar refractivity (Wildman–Crippen MR) is 94.2 cm³/mol. The summed E-state index contributed by atoms with van der Waals surface area (Å²) in [6.07, 6.45) is 4.09.